The molecule has 0 bridgehead atoms. The number of likely N-dealkylation sites (N-methyl/N-ethyl adjacent to an activating group) is 1. The zero-order chi connectivity index (χ0) is 21.7. The second-order valence-electron chi connectivity index (χ2n) is 7.04. The Labute approximate surface area is 175 Å². The molecule has 2 aromatic heterocycles. The molecule has 0 aliphatic carbocycles. The van der Waals surface area contributed by atoms with E-state index in [1.54, 1.807) is 25.1 Å². The standard InChI is InChI=1S/C23H26N2O5/c1-15-6-9-19(29-15)13-25(4)23(26)11-8-18-7-10-21(22(12-18)27-5)28-14-20-16(2)24-30-17(20)3/h6-12H,13-14H2,1-5H3/b11-8+. The molecule has 3 aromatic rings. The van der Waals surface area contributed by atoms with Crippen molar-refractivity contribution in [1.82, 2.24) is 10.1 Å². The number of carbonyl (C=O) groups excluding carboxylic acids is 1. The molecule has 0 spiro atoms. The van der Waals surface area contributed by atoms with Crippen molar-refractivity contribution in [3.63, 3.8) is 0 Å². The van der Waals surface area contributed by atoms with E-state index in [0.717, 1.165) is 34.1 Å². The predicted octanol–water partition coefficient (Wildman–Crippen LogP) is 4.45. The lowest BCUT2D eigenvalue weighted by Crippen LogP contribution is -2.23. The number of amides is 1. The number of rotatable bonds is 8. The van der Waals surface area contributed by atoms with Crippen LogP contribution in [0.3, 0.4) is 0 Å². The van der Waals surface area contributed by atoms with E-state index in [4.69, 9.17) is 18.4 Å². The van der Waals surface area contributed by atoms with Crippen molar-refractivity contribution in [2.45, 2.75) is 33.9 Å². The second kappa shape index (κ2) is 9.35. The van der Waals surface area contributed by atoms with Crippen LogP contribution in [0.15, 0.2) is 45.3 Å². The van der Waals surface area contributed by atoms with Crippen molar-refractivity contribution in [2.24, 2.45) is 0 Å². The second-order valence-corrected chi connectivity index (χ2v) is 7.04. The molecule has 0 unspecified atom stereocenters. The number of ether oxygens (including phenoxy) is 2. The number of carbonyl (C=O) groups is 1. The van der Waals surface area contributed by atoms with Gasteiger partial charge >= 0.3 is 0 Å². The van der Waals surface area contributed by atoms with Gasteiger partial charge in [0, 0.05) is 13.1 Å². The van der Waals surface area contributed by atoms with Crippen molar-refractivity contribution in [3.8, 4) is 11.5 Å². The predicted molar refractivity (Wildman–Crippen MR) is 112 cm³/mol. The van der Waals surface area contributed by atoms with Crippen LogP contribution in [0, 0.1) is 20.8 Å². The highest BCUT2D eigenvalue weighted by molar-refractivity contribution is 5.91. The highest BCUT2D eigenvalue weighted by Crippen LogP contribution is 2.30. The van der Waals surface area contributed by atoms with Crippen LogP contribution in [-0.4, -0.2) is 30.1 Å². The zero-order valence-electron chi connectivity index (χ0n) is 17.9. The Hall–Kier alpha value is -3.48. The maximum Gasteiger partial charge on any atom is 0.246 e. The van der Waals surface area contributed by atoms with Gasteiger partial charge in [0.05, 0.1) is 24.9 Å². The first-order valence-electron chi connectivity index (χ1n) is 9.58. The zero-order valence-corrected chi connectivity index (χ0v) is 17.9. The molecule has 7 heteroatoms. The maximum absolute atomic E-state index is 12.4. The number of nitrogens with zero attached hydrogens (tertiary/aromatic N) is 2. The van der Waals surface area contributed by atoms with Gasteiger partial charge in [0.15, 0.2) is 11.5 Å². The van der Waals surface area contributed by atoms with Crippen LogP contribution in [0.5, 0.6) is 11.5 Å². The smallest absolute Gasteiger partial charge is 0.246 e. The Bertz CT molecular complexity index is 1030. The normalized spacial score (nSPS) is 11.1. The van der Waals surface area contributed by atoms with E-state index in [1.165, 1.54) is 6.08 Å². The van der Waals surface area contributed by atoms with Crippen LogP contribution in [0.1, 0.15) is 34.1 Å². The first-order valence-corrected chi connectivity index (χ1v) is 9.58. The van der Waals surface area contributed by atoms with Crippen LogP contribution in [0.4, 0.5) is 0 Å². The number of aromatic nitrogens is 1. The first-order chi connectivity index (χ1) is 14.4. The van der Waals surface area contributed by atoms with Gasteiger partial charge < -0.3 is 23.3 Å². The number of aryl methyl sites for hydroxylation is 3. The number of methoxy groups -OCH3 is 1. The largest absolute Gasteiger partial charge is 0.493 e. The summed E-state index contributed by atoms with van der Waals surface area (Å²) in [5.74, 6) is 3.37. The fraction of sp³-hybridized carbons (Fsp3) is 0.304. The summed E-state index contributed by atoms with van der Waals surface area (Å²) in [5.41, 5.74) is 2.55. The molecule has 2 heterocycles. The van der Waals surface area contributed by atoms with Crippen LogP contribution >= 0.6 is 0 Å². The molecule has 7 nitrogen and oxygen atoms in total. The van der Waals surface area contributed by atoms with E-state index in [9.17, 15) is 4.79 Å². The summed E-state index contributed by atoms with van der Waals surface area (Å²) in [6, 6.07) is 9.25. The van der Waals surface area contributed by atoms with E-state index in [2.05, 4.69) is 5.16 Å². The number of hydrogen-bond donors (Lipinski definition) is 0. The van der Waals surface area contributed by atoms with Gasteiger partial charge in [0.1, 0.15) is 23.9 Å². The van der Waals surface area contributed by atoms with Gasteiger partial charge in [0.2, 0.25) is 5.91 Å². The summed E-state index contributed by atoms with van der Waals surface area (Å²) in [6.07, 6.45) is 3.27. The SMILES string of the molecule is COc1cc(/C=C/C(=O)N(C)Cc2ccc(C)o2)ccc1OCc1c(C)noc1C. The average Bonchev–Trinajstić information content (AvgIpc) is 3.29. The lowest BCUT2D eigenvalue weighted by atomic mass is 10.1. The summed E-state index contributed by atoms with van der Waals surface area (Å²) in [5, 5.41) is 3.93. The van der Waals surface area contributed by atoms with E-state index in [0.29, 0.717) is 24.7 Å². The molecular weight excluding hydrogens is 384 g/mol. The number of furan rings is 1. The van der Waals surface area contributed by atoms with Crippen LogP contribution < -0.4 is 9.47 Å². The van der Waals surface area contributed by atoms with Gasteiger partial charge in [0.25, 0.3) is 0 Å². The molecule has 1 amide bonds. The molecule has 0 saturated heterocycles. The lowest BCUT2D eigenvalue weighted by molar-refractivity contribution is -0.125. The minimum Gasteiger partial charge on any atom is -0.493 e. The van der Waals surface area contributed by atoms with E-state index in [1.807, 2.05) is 51.1 Å². The Morgan fingerprint density at radius 1 is 1.17 bits per heavy atom. The van der Waals surface area contributed by atoms with Crippen LogP contribution in [-0.2, 0) is 17.9 Å². The molecule has 3 rings (SSSR count). The summed E-state index contributed by atoms with van der Waals surface area (Å²) in [7, 11) is 3.31. The molecule has 0 saturated carbocycles. The van der Waals surface area contributed by atoms with Gasteiger partial charge in [-0.25, -0.2) is 0 Å². The number of hydrogen-bond acceptors (Lipinski definition) is 6. The minimum atomic E-state index is -0.123. The monoisotopic (exact) mass is 410 g/mol. The van der Waals surface area contributed by atoms with Gasteiger partial charge in [-0.2, -0.15) is 0 Å². The third-order valence-electron chi connectivity index (χ3n) is 4.72. The van der Waals surface area contributed by atoms with Crippen molar-refractivity contribution in [2.75, 3.05) is 14.2 Å². The molecular formula is C23H26N2O5. The topological polar surface area (TPSA) is 77.9 Å². The number of benzene rings is 1. The minimum absolute atomic E-state index is 0.123. The van der Waals surface area contributed by atoms with Gasteiger partial charge in [-0.15, -0.1) is 0 Å². The molecule has 1 aromatic carbocycles. The fourth-order valence-corrected chi connectivity index (χ4v) is 2.94. The Morgan fingerprint density at radius 3 is 2.60 bits per heavy atom. The average molecular weight is 410 g/mol. The summed E-state index contributed by atoms with van der Waals surface area (Å²) >= 11 is 0. The third kappa shape index (κ3) is 5.11. The fourth-order valence-electron chi connectivity index (χ4n) is 2.94. The highest BCUT2D eigenvalue weighted by atomic mass is 16.5. The Balaban J connectivity index is 1.64. The third-order valence-corrected chi connectivity index (χ3v) is 4.72. The Morgan fingerprint density at radius 2 is 1.97 bits per heavy atom. The molecule has 0 aliphatic rings. The quantitative estimate of drug-likeness (QED) is 0.511. The van der Waals surface area contributed by atoms with E-state index in [-0.39, 0.29) is 5.91 Å². The highest BCUT2D eigenvalue weighted by Gasteiger charge is 2.12. The molecule has 158 valence electrons. The van der Waals surface area contributed by atoms with Crippen molar-refractivity contribution < 1.29 is 23.2 Å². The molecule has 0 N–H and O–H groups in total. The molecule has 0 radical (unpaired) electrons. The lowest BCUT2D eigenvalue weighted by Gasteiger charge is -2.13. The molecule has 30 heavy (non-hydrogen) atoms. The maximum atomic E-state index is 12.4. The van der Waals surface area contributed by atoms with Crippen molar-refractivity contribution in [3.05, 3.63) is 70.5 Å². The first kappa shape index (κ1) is 21.2. The molecule has 0 fully saturated rings. The summed E-state index contributed by atoms with van der Waals surface area (Å²) in [6.45, 7) is 6.35. The van der Waals surface area contributed by atoms with Gasteiger partial charge in [-0.3, -0.25) is 4.79 Å². The Kier molecular flexibility index (Phi) is 6.61. The van der Waals surface area contributed by atoms with Crippen molar-refractivity contribution in [1.29, 1.82) is 0 Å². The van der Waals surface area contributed by atoms with Gasteiger partial charge in [-0.1, -0.05) is 11.2 Å². The van der Waals surface area contributed by atoms with Crippen LogP contribution in [0.25, 0.3) is 6.08 Å². The van der Waals surface area contributed by atoms with E-state index < -0.39 is 0 Å². The summed E-state index contributed by atoms with van der Waals surface area (Å²) < 4.78 is 22.0. The van der Waals surface area contributed by atoms with E-state index >= 15 is 0 Å². The van der Waals surface area contributed by atoms with Crippen molar-refractivity contribution >= 4 is 12.0 Å². The summed E-state index contributed by atoms with van der Waals surface area (Å²) in [4.78, 5) is 14.0. The van der Waals surface area contributed by atoms with Gasteiger partial charge in [-0.05, 0) is 56.7 Å². The van der Waals surface area contributed by atoms with Crippen LogP contribution in [0.2, 0.25) is 0 Å². The molecule has 0 atom stereocenters. The molecule has 0 aliphatic heterocycles.